The molecule has 0 aromatic carbocycles. The van der Waals surface area contributed by atoms with Gasteiger partial charge in [-0.2, -0.15) is 0 Å². The zero-order valence-electron chi connectivity index (χ0n) is 9.50. The summed E-state index contributed by atoms with van der Waals surface area (Å²) in [6.45, 7) is 0. The summed E-state index contributed by atoms with van der Waals surface area (Å²) in [4.78, 5) is 8.58. The molecule has 0 spiro atoms. The highest BCUT2D eigenvalue weighted by Gasteiger charge is 2.46. The number of halogens is 2. The van der Waals surface area contributed by atoms with E-state index in [4.69, 9.17) is 5.73 Å². The van der Waals surface area contributed by atoms with Crippen LogP contribution in [-0.2, 0) is 5.54 Å². The molecule has 1 aromatic rings. The Labute approximate surface area is 114 Å². The summed E-state index contributed by atoms with van der Waals surface area (Å²) in [6.07, 6.45) is 9.79. The molecule has 3 atom stereocenters. The molecule has 0 saturated carbocycles. The summed E-state index contributed by atoms with van der Waals surface area (Å²) in [6, 6.07) is 0.886. The third kappa shape index (κ3) is 2.55. The fourth-order valence-corrected chi connectivity index (χ4v) is 3.04. The van der Waals surface area contributed by atoms with Crippen LogP contribution in [0.4, 0.5) is 0 Å². The van der Waals surface area contributed by atoms with Gasteiger partial charge < -0.3 is 11.1 Å². The van der Waals surface area contributed by atoms with Crippen LogP contribution in [0.1, 0.15) is 31.4 Å². The summed E-state index contributed by atoms with van der Waals surface area (Å²) < 4.78 is 0. The molecule has 3 heterocycles. The fourth-order valence-electron chi connectivity index (χ4n) is 3.04. The van der Waals surface area contributed by atoms with Crippen LogP contribution < -0.4 is 11.1 Å². The van der Waals surface area contributed by atoms with Gasteiger partial charge in [-0.1, -0.05) is 0 Å². The van der Waals surface area contributed by atoms with E-state index >= 15 is 0 Å². The van der Waals surface area contributed by atoms with E-state index in [0.717, 1.165) is 25.0 Å². The first kappa shape index (κ1) is 14.6. The molecule has 2 saturated heterocycles. The van der Waals surface area contributed by atoms with Crippen LogP contribution in [0, 0.1) is 0 Å². The molecule has 3 unspecified atom stereocenters. The van der Waals surface area contributed by atoms with Gasteiger partial charge in [-0.3, -0.25) is 9.97 Å². The molecule has 0 radical (unpaired) electrons. The van der Waals surface area contributed by atoms with Crippen LogP contribution in [0.2, 0.25) is 0 Å². The lowest BCUT2D eigenvalue weighted by atomic mass is 9.85. The molecular weight excluding hydrogens is 259 g/mol. The second kappa shape index (κ2) is 5.48. The highest BCUT2D eigenvalue weighted by atomic mass is 35.5. The second-order valence-electron chi connectivity index (χ2n) is 4.75. The molecule has 0 amide bonds. The number of rotatable bonds is 1. The van der Waals surface area contributed by atoms with Gasteiger partial charge in [-0.15, -0.1) is 24.8 Å². The molecule has 3 rings (SSSR count). The highest BCUT2D eigenvalue weighted by Crippen LogP contribution is 2.41. The lowest BCUT2D eigenvalue weighted by Crippen LogP contribution is -2.51. The summed E-state index contributed by atoms with van der Waals surface area (Å²) in [7, 11) is 0. The molecule has 0 aliphatic carbocycles. The van der Waals surface area contributed by atoms with Crippen molar-refractivity contribution in [1.82, 2.24) is 15.3 Å². The van der Waals surface area contributed by atoms with E-state index in [-0.39, 0.29) is 30.4 Å². The van der Waals surface area contributed by atoms with Crippen molar-refractivity contribution < 1.29 is 0 Å². The van der Waals surface area contributed by atoms with Crippen molar-refractivity contribution in [1.29, 1.82) is 0 Å². The van der Waals surface area contributed by atoms with Crippen molar-refractivity contribution in [3.05, 3.63) is 24.3 Å². The molecule has 3 N–H and O–H groups in total. The standard InChI is InChI=1S/C11H16N4.2ClH/c12-8-5-9-1-2-11(6-8,15-9)10-7-13-3-4-14-10;;/h3-4,7-9,15H,1-2,5-6,12H2;2*1H. The average Bonchev–Trinajstić information content (AvgIpc) is 2.57. The topological polar surface area (TPSA) is 63.8 Å². The van der Waals surface area contributed by atoms with Crippen molar-refractivity contribution in [2.45, 2.75) is 43.3 Å². The highest BCUT2D eigenvalue weighted by molar-refractivity contribution is 5.85. The van der Waals surface area contributed by atoms with Gasteiger partial charge in [0.2, 0.25) is 0 Å². The van der Waals surface area contributed by atoms with Gasteiger partial charge in [0.1, 0.15) is 0 Å². The van der Waals surface area contributed by atoms with Crippen LogP contribution in [0.15, 0.2) is 18.6 Å². The van der Waals surface area contributed by atoms with Crippen molar-refractivity contribution >= 4 is 24.8 Å². The molecule has 1 aromatic heterocycles. The van der Waals surface area contributed by atoms with E-state index in [1.54, 1.807) is 12.4 Å². The molecule has 2 aliphatic heterocycles. The minimum Gasteiger partial charge on any atom is -0.328 e. The lowest BCUT2D eigenvalue weighted by Gasteiger charge is -2.37. The Balaban J connectivity index is 0.000000722. The smallest absolute Gasteiger partial charge is 0.0788 e. The molecule has 6 heteroatoms. The van der Waals surface area contributed by atoms with Gasteiger partial charge in [0.15, 0.2) is 0 Å². The van der Waals surface area contributed by atoms with E-state index in [1.807, 2.05) is 6.20 Å². The van der Waals surface area contributed by atoms with Crippen LogP contribution in [0.5, 0.6) is 0 Å². The first-order chi connectivity index (χ1) is 7.28. The maximum atomic E-state index is 6.09. The minimum absolute atomic E-state index is 0. The first-order valence-electron chi connectivity index (χ1n) is 5.58. The van der Waals surface area contributed by atoms with E-state index in [1.165, 1.54) is 6.42 Å². The minimum atomic E-state index is 0. The summed E-state index contributed by atoms with van der Waals surface area (Å²) in [5, 5.41) is 3.67. The number of nitrogens with two attached hydrogens (primary N) is 1. The monoisotopic (exact) mass is 276 g/mol. The molecule has 2 bridgehead atoms. The molecular formula is C11H18Cl2N4. The van der Waals surface area contributed by atoms with Gasteiger partial charge in [-0.05, 0) is 25.7 Å². The number of hydrogen-bond acceptors (Lipinski definition) is 4. The van der Waals surface area contributed by atoms with E-state index in [0.29, 0.717) is 12.1 Å². The third-order valence-corrected chi connectivity index (χ3v) is 3.65. The number of nitrogens with one attached hydrogen (secondary N) is 1. The number of nitrogens with zero attached hydrogens (tertiary/aromatic N) is 2. The Kier molecular flexibility index (Phi) is 4.72. The molecule has 2 aliphatic rings. The van der Waals surface area contributed by atoms with Gasteiger partial charge in [0.25, 0.3) is 0 Å². The third-order valence-electron chi connectivity index (χ3n) is 3.65. The Morgan fingerprint density at radius 1 is 1.35 bits per heavy atom. The van der Waals surface area contributed by atoms with E-state index in [9.17, 15) is 0 Å². The van der Waals surface area contributed by atoms with Crippen molar-refractivity contribution in [3.63, 3.8) is 0 Å². The summed E-state index contributed by atoms with van der Waals surface area (Å²) in [5.41, 5.74) is 7.16. The SMILES string of the molecule is Cl.Cl.NC1CC2CCC(c3cnccn3)(C1)N2. The van der Waals surface area contributed by atoms with Crippen LogP contribution in [0.25, 0.3) is 0 Å². The Bertz CT molecular complexity index is 362. The van der Waals surface area contributed by atoms with Crippen molar-refractivity contribution in [2.75, 3.05) is 0 Å². The Morgan fingerprint density at radius 2 is 2.18 bits per heavy atom. The molecule has 17 heavy (non-hydrogen) atoms. The maximum Gasteiger partial charge on any atom is 0.0788 e. The van der Waals surface area contributed by atoms with Crippen molar-refractivity contribution in [3.8, 4) is 0 Å². The number of hydrogen-bond donors (Lipinski definition) is 2. The first-order valence-corrected chi connectivity index (χ1v) is 5.58. The predicted octanol–water partition coefficient (Wildman–Crippen LogP) is 1.39. The predicted molar refractivity (Wildman–Crippen MR) is 71.6 cm³/mol. The Hall–Kier alpha value is -0.420. The zero-order valence-corrected chi connectivity index (χ0v) is 11.1. The summed E-state index contributed by atoms with van der Waals surface area (Å²) >= 11 is 0. The molecule has 2 fully saturated rings. The normalized spacial score (nSPS) is 34.6. The zero-order chi connectivity index (χ0) is 10.3. The maximum absolute atomic E-state index is 6.09. The van der Waals surface area contributed by atoms with E-state index < -0.39 is 0 Å². The van der Waals surface area contributed by atoms with Crippen molar-refractivity contribution in [2.24, 2.45) is 5.73 Å². The average molecular weight is 277 g/mol. The van der Waals surface area contributed by atoms with Crippen LogP contribution >= 0.6 is 24.8 Å². The largest absolute Gasteiger partial charge is 0.328 e. The van der Waals surface area contributed by atoms with Gasteiger partial charge in [-0.25, -0.2) is 0 Å². The van der Waals surface area contributed by atoms with Crippen LogP contribution in [-0.4, -0.2) is 22.1 Å². The number of piperidine rings is 1. The van der Waals surface area contributed by atoms with Gasteiger partial charge in [0, 0.05) is 24.5 Å². The molecule has 96 valence electrons. The quantitative estimate of drug-likeness (QED) is 0.814. The molecule has 4 nitrogen and oxygen atoms in total. The lowest BCUT2D eigenvalue weighted by molar-refractivity contribution is 0.247. The van der Waals surface area contributed by atoms with Crippen LogP contribution in [0.3, 0.4) is 0 Å². The number of aromatic nitrogens is 2. The van der Waals surface area contributed by atoms with E-state index in [2.05, 4.69) is 15.3 Å². The van der Waals surface area contributed by atoms with Gasteiger partial charge >= 0.3 is 0 Å². The number of fused-ring (bicyclic) bond motifs is 2. The fraction of sp³-hybridized carbons (Fsp3) is 0.636. The second-order valence-corrected chi connectivity index (χ2v) is 4.75. The van der Waals surface area contributed by atoms with Gasteiger partial charge in [0.05, 0.1) is 17.4 Å². The summed E-state index contributed by atoms with van der Waals surface area (Å²) in [5.74, 6) is 0. The Morgan fingerprint density at radius 3 is 2.88 bits per heavy atom.